The molecule has 0 atom stereocenters. The largest absolute Gasteiger partial charge is 0.277 e. The summed E-state index contributed by atoms with van der Waals surface area (Å²) in [6, 6.07) is 46.7. The fourth-order valence-electron chi connectivity index (χ4n) is 7.12. The van der Waals surface area contributed by atoms with E-state index in [0.717, 1.165) is 65.6 Å². The molecule has 6 nitrogen and oxygen atoms in total. The number of pyridine rings is 1. The molecule has 6 aromatic carbocycles. The molecule has 4 heterocycles. The Bertz CT molecular complexity index is 2940. The molecule has 0 spiro atoms. The number of para-hydroxylation sites is 3. The Labute approximate surface area is 261 Å². The summed E-state index contributed by atoms with van der Waals surface area (Å²) in [5.74, 6) is 0.574. The van der Waals surface area contributed by atoms with Crippen LogP contribution in [0.4, 0.5) is 0 Å². The topological polar surface area (TPSA) is 65.1 Å². The Morgan fingerprint density at radius 3 is 1.89 bits per heavy atom. The van der Waals surface area contributed by atoms with Crippen molar-refractivity contribution in [1.29, 1.82) is 0 Å². The Morgan fingerprint density at radius 2 is 1.09 bits per heavy atom. The molecule has 0 aliphatic heterocycles. The molecule has 0 bridgehead atoms. The van der Waals surface area contributed by atoms with Crippen molar-refractivity contribution < 1.29 is 0 Å². The van der Waals surface area contributed by atoms with Gasteiger partial charge in [0, 0.05) is 32.5 Å². The van der Waals surface area contributed by atoms with Crippen molar-refractivity contribution in [2.45, 2.75) is 0 Å². The first-order valence-corrected chi connectivity index (χ1v) is 15.3. The monoisotopic (exact) mass is 589 g/mol. The number of nitrogens with zero attached hydrogens (tertiary/aromatic N) is 5. The average Bonchev–Trinajstić information content (AvgIpc) is 3.46. The maximum atomic E-state index is 14.2. The molecule has 0 aliphatic rings. The van der Waals surface area contributed by atoms with Crippen molar-refractivity contribution in [3.05, 3.63) is 150 Å². The molecular formula is C40H23N5O. The van der Waals surface area contributed by atoms with Crippen LogP contribution in [-0.4, -0.2) is 23.9 Å². The van der Waals surface area contributed by atoms with Gasteiger partial charge in [-0.2, -0.15) is 0 Å². The summed E-state index contributed by atoms with van der Waals surface area (Å²) in [4.78, 5) is 29.8. The lowest BCUT2D eigenvalue weighted by Crippen LogP contribution is -2.16. The minimum atomic E-state index is -0.0910. The van der Waals surface area contributed by atoms with E-state index in [0.29, 0.717) is 22.5 Å². The molecule has 10 aromatic rings. The van der Waals surface area contributed by atoms with E-state index in [1.165, 1.54) is 0 Å². The van der Waals surface area contributed by atoms with Crippen LogP contribution in [0, 0.1) is 0 Å². The van der Waals surface area contributed by atoms with Crippen LogP contribution in [0.15, 0.2) is 144 Å². The maximum Gasteiger partial charge on any atom is 0.266 e. The zero-order chi connectivity index (χ0) is 30.4. The van der Waals surface area contributed by atoms with Gasteiger partial charge in [-0.05, 0) is 35.7 Å². The summed E-state index contributed by atoms with van der Waals surface area (Å²) in [7, 11) is 0. The smallest absolute Gasteiger partial charge is 0.266 e. The fourth-order valence-corrected chi connectivity index (χ4v) is 7.12. The van der Waals surface area contributed by atoms with E-state index < -0.39 is 0 Å². The molecule has 0 saturated heterocycles. The fraction of sp³-hybridized carbons (Fsp3) is 0. The molecule has 0 unspecified atom stereocenters. The third-order valence-electron chi connectivity index (χ3n) is 9.11. The molecule has 10 rings (SSSR count). The average molecular weight is 590 g/mol. The first kappa shape index (κ1) is 25.0. The van der Waals surface area contributed by atoms with Crippen molar-refractivity contribution in [3.63, 3.8) is 0 Å². The van der Waals surface area contributed by atoms with Gasteiger partial charge >= 0.3 is 0 Å². The van der Waals surface area contributed by atoms with Crippen molar-refractivity contribution >= 4 is 70.9 Å². The molecule has 4 aromatic heterocycles. The highest BCUT2D eigenvalue weighted by Gasteiger charge is 2.22. The molecule has 0 radical (unpaired) electrons. The molecule has 0 fully saturated rings. The van der Waals surface area contributed by atoms with E-state index in [-0.39, 0.29) is 5.56 Å². The molecular weight excluding hydrogens is 566 g/mol. The van der Waals surface area contributed by atoms with Gasteiger partial charge in [-0.15, -0.1) is 0 Å². The third kappa shape index (κ3) is 3.35. The molecule has 0 saturated carbocycles. The normalized spacial score (nSPS) is 12.0. The van der Waals surface area contributed by atoms with E-state index >= 15 is 0 Å². The summed E-state index contributed by atoms with van der Waals surface area (Å²) in [6.07, 6.45) is 0. The van der Waals surface area contributed by atoms with Gasteiger partial charge in [-0.1, -0.05) is 109 Å². The highest BCUT2D eigenvalue weighted by Crippen LogP contribution is 2.40. The lowest BCUT2D eigenvalue weighted by atomic mass is 10.0. The van der Waals surface area contributed by atoms with E-state index in [4.69, 9.17) is 15.0 Å². The van der Waals surface area contributed by atoms with Gasteiger partial charge in [0.05, 0.1) is 38.7 Å². The van der Waals surface area contributed by atoms with Crippen molar-refractivity contribution in [2.24, 2.45) is 0 Å². The molecule has 46 heavy (non-hydrogen) atoms. The van der Waals surface area contributed by atoms with E-state index in [1.807, 2.05) is 78.9 Å². The van der Waals surface area contributed by atoms with Crippen LogP contribution in [0.3, 0.4) is 0 Å². The number of rotatable bonds is 2. The van der Waals surface area contributed by atoms with Crippen LogP contribution >= 0.6 is 0 Å². The Balaban J connectivity index is 1.46. The van der Waals surface area contributed by atoms with Gasteiger partial charge in [-0.25, -0.2) is 15.0 Å². The van der Waals surface area contributed by atoms with E-state index in [2.05, 4.69) is 65.2 Å². The van der Waals surface area contributed by atoms with Gasteiger partial charge < -0.3 is 0 Å². The Hall–Kier alpha value is -6.40. The van der Waals surface area contributed by atoms with Gasteiger partial charge in [0.25, 0.3) is 5.56 Å². The zero-order valence-corrected chi connectivity index (χ0v) is 24.4. The number of hydrogen-bond acceptors (Lipinski definition) is 4. The Morgan fingerprint density at radius 1 is 0.457 bits per heavy atom. The zero-order valence-electron chi connectivity index (χ0n) is 24.4. The van der Waals surface area contributed by atoms with Gasteiger partial charge in [0.2, 0.25) is 5.95 Å². The number of fused-ring (bicyclic) bond motifs is 12. The van der Waals surface area contributed by atoms with Gasteiger partial charge in [-0.3, -0.25) is 13.8 Å². The van der Waals surface area contributed by atoms with Gasteiger partial charge in [0.1, 0.15) is 5.65 Å². The lowest BCUT2D eigenvalue weighted by Gasteiger charge is -2.15. The van der Waals surface area contributed by atoms with E-state index in [9.17, 15) is 4.79 Å². The summed E-state index contributed by atoms with van der Waals surface area (Å²) in [6.45, 7) is 0. The van der Waals surface area contributed by atoms with Gasteiger partial charge in [0.15, 0.2) is 0 Å². The highest BCUT2D eigenvalue weighted by molar-refractivity contribution is 6.26. The molecule has 0 aliphatic carbocycles. The van der Waals surface area contributed by atoms with Crippen LogP contribution in [0.5, 0.6) is 0 Å². The van der Waals surface area contributed by atoms with Crippen LogP contribution in [0.1, 0.15) is 0 Å². The van der Waals surface area contributed by atoms with Crippen molar-refractivity contribution in [3.8, 4) is 17.2 Å². The predicted octanol–water partition coefficient (Wildman–Crippen LogP) is 8.86. The first-order valence-electron chi connectivity index (χ1n) is 15.3. The summed E-state index contributed by atoms with van der Waals surface area (Å²) in [5.41, 5.74) is 6.72. The predicted molar refractivity (Wildman–Crippen MR) is 187 cm³/mol. The van der Waals surface area contributed by atoms with Crippen LogP contribution in [-0.2, 0) is 0 Å². The number of benzene rings is 6. The molecule has 0 N–H and O–H groups in total. The molecule has 0 amide bonds. The summed E-state index contributed by atoms with van der Waals surface area (Å²) < 4.78 is 3.95. The lowest BCUT2D eigenvalue weighted by molar-refractivity contribution is 1.02. The second kappa shape index (κ2) is 9.30. The number of hydrogen-bond donors (Lipinski definition) is 0. The highest BCUT2D eigenvalue weighted by atomic mass is 16.1. The molecule has 6 heteroatoms. The minimum Gasteiger partial charge on any atom is -0.277 e. The second-order valence-electron chi connectivity index (χ2n) is 11.6. The van der Waals surface area contributed by atoms with Crippen LogP contribution < -0.4 is 5.56 Å². The molecule has 214 valence electrons. The minimum absolute atomic E-state index is 0.0910. The van der Waals surface area contributed by atoms with Crippen molar-refractivity contribution in [1.82, 2.24) is 23.9 Å². The third-order valence-corrected chi connectivity index (χ3v) is 9.11. The summed E-state index contributed by atoms with van der Waals surface area (Å²) in [5, 5.41) is 6.60. The SMILES string of the molecule is O=c1c2ccccc2nc2c3ccccc3c3c4c(ccc3n12)c1ccccc1n4-c1nc(-c2ccccc2)c2ccccc2n1. The first-order chi connectivity index (χ1) is 22.8. The van der Waals surface area contributed by atoms with E-state index in [1.54, 1.807) is 4.40 Å². The Kier molecular flexibility index (Phi) is 5.05. The maximum absolute atomic E-state index is 14.2. The van der Waals surface area contributed by atoms with Crippen LogP contribution in [0.25, 0.3) is 88.1 Å². The van der Waals surface area contributed by atoms with Crippen LogP contribution in [0.2, 0.25) is 0 Å². The quantitative estimate of drug-likeness (QED) is 0.149. The standard InChI is InChI=1S/C40H23N5O/c46-39-30-18-7-10-20-32(30)41-38-28-16-5-4-15-26(28)35-34(45(38)39)23-22-27-25-14-8-11-21-33(25)44(37(27)35)40-42-31-19-9-6-17-29(31)36(43-40)24-12-2-1-3-13-24/h1-23H. The van der Waals surface area contributed by atoms with Crippen molar-refractivity contribution in [2.75, 3.05) is 0 Å². The second-order valence-corrected chi connectivity index (χ2v) is 11.6. The number of aromatic nitrogens is 5. The summed E-state index contributed by atoms with van der Waals surface area (Å²) >= 11 is 0.